The molecule has 11 aromatic rings. The summed E-state index contributed by atoms with van der Waals surface area (Å²) in [6, 6.07) is 78.4. The van der Waals surface area contributed by atoms with Crippen molar-refractivity contribution in [3.63, 3.8) is 0 Å². The van der Waals surface area contributed by atoms with Gasteiger partial charge in [-0.15, -0.1) is 0 Å². The van der Waals surface area contributed by atoms with Gasteiger partial charge in [0.15, 0.2) is 0 Å². The molecule has 322 valence electrons. The summed E-state index contributed by atoms with van der Waals surface area (Å²) in [5.74, 6) is 1.18. The molecule has 0 N–H and O–H groups in total. The van der Waals surface area contributed by atoms with E-state index in [2.05, 4.69) is 216 Å². The fourth-order valence-corrected chi connectivity index (χ4v) is 13.8. The number of hydrogen-bond acceptors (Lipinski definition) is 1. The summed E-state index contributed by atoms with van der Waals surface area (Å²) in [6.07, 6.45) is 10.4. The molecule has 0 bridgehead atoms. The molecule has 3 aliphatic rings. The Morgan fingerprint density at radius 3 is 1.63 bits per heavy atom. The molecule has 67 heavy (non-hydrogen) atoms. The maximum atomic E-state index is 2.67. The van der Waals surface area contributed by atoms with Crippen LogP contribution in [0, 0.1) is 11.8 Å². The molecule has 2 nitrogen and oxygen atoms in total. The molecule has 3 aliphatic carbocycles. The van der Waals surface area contributed by atoms with E-state index in [1.165, 1.54) is 150 Å². The third-order valence-corrected chi connectivity index (χ3v) is 16.5. The van der Waals surface area contributed by atoms with Gasteiger partial charge in [0.1, 0.15) is 0 Å². The average Bonchev–Trinajstić information content (AvgIpc) is 4.23. The van der Waals surface area contributed by atoms with Gasteiger partial charge < -0.3 is 9.47 Å². The second kappa shape index (κ2) is 15.3. The molecule has 2 fully saturated rings. The predicted molar refractivity (Wildman–Crippen MR) is 284 cm³/mol. The van der Waals surface area contributed by atoms with Gasteiger partial charge in [-0.25, -0.2) is 0 Å². The molecule has 0 amide bonds. The number of aromatic nitrogens is 1. The van der Waals surface area contributed by atoms with E-state index in [4.69, 9.17) is 0 Å². The van der Waals surface area contributed by atoms with Crippen LogP contribution in [0.3, 0.4) is 0 Å². The van der Waals surface area contributed by atoms with Crippen LogP contribution in [0.25, 0.3) is 82.1 Å². The van der Waals surface area contributed by atoms with Crippen LogP contribution in [-0.4, -0.2) is 4.57 Å². The van der Waals surface area contributed by atoms with E-state index in [-0.39, 0.29) is 5.41 Å². The minimum atomic E-state index is -0.0707. The van der Waals surface area contributed by atoms with E-state index in [1.807, 2.05) is 0 Å². The highest BCUT2D eigenvalue weighted by Gasteiger charge is 2.54. The Morgan fingerprint density at radius 2 is 0.910 bits per heavy atom. The average molecular weight is 861 g/mol. The molecular weight excluding hydrogens is 809 g/mol. The number of rotatable bonds is 7. The molecule has 1 aromatic heterocycles. The molecule has 0 radical (unpaired) electrons. The van der Waals surface area contributed by atoms with Crippen molar-refractivity contribution >= 4 is 71.2 Å². The van der Waals surface area contributed by atoms with Crippen LogP contribution < -0.4 is 4.90 Å². The van der Waals surface area contributed by atoms with Gasteiger partial charge in [0.05, 0.1) is 16.7 Å². The first kappa shape index (κ1) is 38.8. The van der Waals surface area contributed by atoms with E-state index in [9.17, 15) is 0 Å². The van der Waals surface area contributed by atoms with Gasteiger partial charge in [-0.1, -0.05) is 171 Å². The summed E-state index contributed by atoms with van der Waals surface area (Å²) in [4.78, 5) is 2.58. The topological polar surface area (TPSA) is 8.17 Å². The van der Waals surface area contributed by atoms with E-state index in [1.54, 1.807) is 11.1 Å². The molecule has 2 saturated carbocycles. The van der Waals surface area contributed by atoms with Crippen molar-refractivity contribution in [2.75, 3.05) is 4.90 Å². The van der Waals surface area contributed by atoms with Crippen LogP contribution in [0.5, 0.6) is 0 Å². The highest BCUT2D eigenvalue weighted by Crippen LogP contribution is 2.64. The number of fused-ring (bicyclic) bond motifs is 10. The van der Waals surface area contributed by atoms with Gasteiger partial charge in [0.25, 0.3) is 0 Å². The lowest BCUT2D eigenvalue weighted by Gasteiger charge is -2.44. The molecular formula is C65H52N2. The van der Waals surface area contributed by atoms with Crippen molar-refractivity contribution in [2.45, 2.75) is 56.8 Å². The Balaban J connectivity index is 1.00. The van der Waals surface area contributed by atoms with Crippen molar-refractivity contribution in [1.29, 1.82) is 0 Å². The number of nitrogens with zero attached hydrogens (tertiary/aromatic N) is 2. The van der Waals surface area contributed by atoms with Crippen molar-refractivity contribution in [3.05, 3.63) is 217 Å². The number of benzene rings is 10. The third kappa shape index (κ3) is 5.82. The largest absolute Gasteiger partial charge is 0.310 e. The van der Waals surface area contributed by atoms with Crippen LogP contribution in [-0.2, 0) is 5.41 Å². The second-order valence-electron chi connectivity index (χ2n) is 19.7. The van der Waals surface area contributed by atoms with Crippen LogP contribution in [0.15, 0.2) is 206 Å². The van der Waals surface area contributed by atoms with Gasteiger partial charge in [0, 0.05) is 38.6 Å². The maximum Gasteiger partial charge on any atom is 0.0541 e. The van der Waals surface area contributed by atoms with E-state index >= 15 is 0 Å². The third-order valence-electron chi connectivity index (χ3n) is 16.5. The number of anilines is 3. The summed E-state index contributed by atoms with van der Waals surface area (Å²) in [5, 5.41) is 10.3. The minimum absolute atomic E-state index is 0.0707. The van der Waals surface area contributed by atoms with Crippen molar-refractivity contribution < 1.29 is 0 Å². The lowest BCUT2D eigenvalue weighted by molar-refractivity contribution is 0.223. The van der Waals surface area contributed by atoms with Crippen LogP contribution >= 0.6 is 0 Å². The Bertz CT molecular complexity index is 3670. The fourth-order valence-electron chi connectivity index (χ4n) is 13.8. The Morgan fingerprint density at radius 1 is 0.373 bits per heavy atom. The fraction of sp³-hybridized carbons (Fsp3) is 0.169. The first-order valence-electron chi connectivity index (χ1n) is 24.8. The van der Waals surface area contributed by atoms with Gasteiger partial charge >= 0.3 is 0 Å². The first-order valence-corrected chi connectivity index (χ1v) is 24.8. The van der Waals surface area contributed by atoms with Gasteiger partial charge in [0.2, 0.25) is 0 Å². The predicted octanol–water partition coefficient (Wildman–Crippen LogP) is 18.0. The lowest BCUT2D eigenvalue weighted by Crippen LogP contribution is -2.40. The molecule has 0 spiro atoms. The van der Waals surface area contributed by atoms with Gasteiger partial charge in [-0.3, -0.25) is 0 Å². The van der Waals surface area contributed by atoms with E-state index < -0.39 is 0 Å². The molecule has 14 rings (SSSR count). The second-order valence-corrected chi connectivity index (χ2v) is 19.7. The summed E-state index contributed by atoms with van der Waals surface area (Å²) in [7, 11) is 0. The number of hydrogen-bond donors (Lipinski definition) is 0. The molecule has 0 atom stereocenters. The summed E-state index contributed by atoms with van der Waals surface area (Å²) >= 11 is 0. The highest BCUT2D eigenvalue weighted by molar-refractivity contribution is 6.14. The number of para-hydroxylation sites is 2. The maximum absolute atomic E-state index is 2.67. The van der Waals surface area contributed by atoms with Gasteiger partial charge in [-0.05, 0) is 158 Å². The molecule has 10 aromatic carbocycles. The molecule has 2 heteroatoms. The van der Waals surface area contributed by atoms with Crippen LogP contribution in [0.1, 0.15) is 62.5 Å². The zero-order valence-corrected chi connectivity index (χ0v) is 37.8. The lowest BCUT2D eigenvalue weighted by atomic mass is 9.59. The van der Waals surface area contributed by atoms with Crippen molar-refractivity contribution in [1.82, 2.24) is 4.57 Å². The summed E-state index contributed by atoms with van der Waals surface area (Å²) in [6.45, 7) is 0. The molecule has 0 aliphatic heterocycles. The Kier molecular flexibility index (Phi) is 8.88. The van der Waals surface area contributed by atoms with Crippen LogP contribution in [0.4, 0.5) is 17.1 Å². The summed E-state index contributed by atoms with van der Waals surface area (Å²) < 4.78 is 2.54. The summed E-state index contributed by atoms with van der Waals surface area (Å²) in [5.41, 5.74) is 15.8. The normalized spacial score (nSPS) is 15.9. The molecule has 0 saturated heterocycles. The Labute approximate surface area is 392 Å². The Hall–Kier alpha value is -7.42. The van der Waals surface area contributed by atoms with Crippen LogP contribution in [0.2, 0.25) is 0 Å². The molecule has 0 unspecified atom stereocenters. The van der Waals surface area contributed by atoms with E-state index in [0.717, 1.165) is 0 Å². The monoisotopic (exact) mass is 860 g/mol. The highest BCUT2D eigenvalue weighted by atomic mass is 15.1. The smallest absolute Gasteiger partial charge is 0.0541 e. The van der Waals surface area contributed by atoms with Crippen molar-refractivity contribution in [2.24, 2.45) is 11.8 Å². The zero-order chi connectivity index (χ0) is 44.1. The van der Waals surface area contributed by atoms with Gasteiger partial charge in [-0.2, -0.15) is 0 Å². The van der Waals surface area contributed by atoms with E-state index in [0.29, 0.717) is 11.8 Å². The first-order chi connectivity index (χ1) is 33.2. The quantitative estimate of drug-likeness (QED) is 0.145. The standard InChI is InChI=1S/C65H52N2/c1-8-27-52-43(17-1)19-16-34-62(52)66(48-25-15-20-44(39-48)59-40-45-18-2-7-26-51(45)53-28-9-10-29-54(53)59)49-35-37-55-56-38-36-50(67-63-32-13-11-30-57(63)58-31-12-14-33-64(58)67)42-61(56)65(60(55)41-49,46-21-3-4-22-46)47-23-5-6-24-47/h1-2,7-20,25-42,46-47H,3-6,21-24H2. The zero-order valence-electron chi connectivity index (χ0n) is 37.8. The SMILES string of the molecule is c1cc(-c2cc3ccccc3c3ccccc23)cc(N(c2ccc3c(c2)C(C2CCCC2)(C2CCCC2)c2cc(-n4c5ccccc5c5ccccc54)ccc2-3)c2cccc3ccccc23)c1. The molecule has 1 heterocycles. The minimum Gasteiger partial charge on any atom is -0.310 e. The van der Waals surface area contributed by atoms with Crippen molar-refractivity contribution in [3.8, 4) is 27.9 Å².